The number of nitrogens with zero attached hydrogens (tertiary/aromatic N) is 1. The zero-order chi connectivity index (χ0) is 15.1. The van der Waals surface area contributed by atoms with Crippen LogP contribution in [0.1, 0.15) is 20.8 Å². The minimum absolute atomic E-state index is 0.0136. The summed E-state index contributed by atoms with van der Waals surface area (Å²) in [5.74, 6) is 2.07. The van der Waals surface area contributed by atoms with Crippen LogP contribution in [-0.2, 0) is 0 Å². The third-order valence-corrected chi connectivity index (χ3v) is 3.48. The Morgan fingerprint density at radius 1 is 1.35 bits per heavy atom. The second-order valence-corrected chi connectivity index (χ2v) is 5.99. The van der Waals surface area contributed by atoms with Crippen molar-refractivity contribution in [3.63, 3.8) is 0 Å². The molecule has 0 saturated heterocycles. The number of rotatable bonds is 8. The van der Waals surface area contributed by atoms with E-state index in [9.17, 15) is 10.1 Å². The summed E-state index contributed by atoms with van der Waals surface area (Å²) < 4.78 is 5.55. The van der Waals surface area contributed by atoms with Gasteiger partial charge in [0.1, 0.15) is 5.75 Å². The smallest absolute Gasteiger partial charge is 0.275 e. The number of hydrogen-bond acceptors (Lipinski definition) is 5. The molecule has 0 radical (unpaired) electrons. The van der Waals surface area contributed by atoms with Crippen LogP contribution in [0.3, 0.4) is 0 Å². The molecule has 1 rings (SSSR count). The second kappa shape index (κ2) is 7.99. The van der Waals surface area contributed by atoms with Crippen molar-refractivity contribution < 1.29 is 9.66 Å². The fourth-order valence-corrected chi connectivity index (χ4v) is 2.45. The van der Waals surface area contributed by atoms with E-state index in [4.69, 9.17) is 4.74 Å². The van der Waals surface area contributed by atoms with E-state index in [1.54, 1.807) is 23.9 Å². The summed E-state index contributed by atoms with van der Waals surface area (Å²) >= 11 is 1.79. The summed E-state index contributed by atoms with van der Waals surface area (Å²) in [6.45, 7) is 6.72. The first-order valence-corrected chi connectivity index (χ1v) is 8.00. The number of nitro benzene ring substituents is 1. The molecule has 0 aliphatic rings. The predicted octanol–water partition coefficient (Wildman–Crippen LogP) is 3.79. The molecule has 1 atom stereocenters. The van der Waals surface area contributed by atoms with Crippen LogP contribution in [0.25, 0.3) is 0 Å². The number of anilines is 1. The van der Waals surface area contributed by atoms with E-state index in [2.05, 4.69) is 18.5 Å². The van der Waals surface area contributed by atoms with Crippen molar-refractivity contribution in [1.82, 2.24) is 0 Å². The molecule has 1 unspecified atom stereocenters. The fraction of sp³-hybridized carbons (Fsp3) is 0.571. The van der Waals surface area contributed by atoms with Gasteiger partial charge in [0.2, 0.25) is 0 Å². The standard InChI is InChI=1S/C14H22N2O3S/c1-10(2)19-14-6-12(5-13(7-14)16(17)18)15-8-11(3)9-20-4/h5-7,10-11,15H,8-9H2,1-4H3. The normalized spacial score (nSPS) is 12.2. The van der Waals surface area contributed by atoms with Gasteiger partial charge >= 0.3 is 0 Å². The van der Waals surface area contributed by atoms with Gasteiger partial charge in [-0.1, -0.05) is 6.92 Å². The number of ether oxygens (including phenoxy) is 1. The molecule has 20 heavy (non-hydrogen) atoms. The molecule has 0 aliphatic heterocycles. The molecule has 1 N–H and O–H groups in total. The van der Waals surface area contributed by atoms with Crippen LogP contribution in [0.5, 0.6) is 5.75 Å². The first kappa shape index (κ1) is 16.6. The van der Waals surface area contributed by atoms with Crippen LogP contribution >= 0.6 is 11.8 Å². The minimum Gasteiger partial charge on any atom is -0.491 e. The summed E-state index contributed by atoms with van der Waals surface area (Å²) in [6.07, 6.45) is 2.05. The Bertz CT molecular complexity index is 452. The molecule has 0 aromatic heterocycles. The number of thioether (sulfide) groups is 1. The zero-order valence-electron chi connectivity index (χ0n) is 12.4. The van der Waals surface area contributed by atoms with Gasteiger partial charge in [0, 0.05) is 24.4 Å². The Balaban J connectivity index is 2.83. The molecular weight excluding hydrogens is 276 g/mol. The summed E-state index contributed by atoms with van der Waals surface area (Å²) in [7, 11) is 0. The van der Waals surface area contributed by atoms with Crippen LogP contribution in [0.4, 0.5) is 11.4 Å². The molecule has 0 saturated carbocycles. The average molecular weight is 298 g/mol. The van der Waals surface area contributed by atoms with Crippen molar-refractivity contribution in [3.05, 3.63) is 28.3 Å². The highest BCUT2D eigenvalue weighted by molar-refractivity contribution is 7.98. The van der Waals surface area contributed by atoms with Crippen molar-refractivity contribution in [2.24, 2.45) is 5.92 Å². The Labute approximate surface area is 124 Å². The molecule has 0 heterocycles. The molecule has 0 aliphatic carbocycles. The Morgan fingerprint density at radius 2 is 2.05 bits per heavy atom. The van der Waals surface area contributed by atoms with Gasteiger partial charge in [0.15, 0.2) is 0 Å². The summed E-state index contributed by atoms with van der Waals surface area (Å²) in [5, 5.41) is 14.2. The zero-order valence-corrected chi connectivity index (χ0v) is 13.2. The van der Waals surface area contributed by atoms with E-state index in [1.807, 2.05) is 13.8 Å². The van der Waals surface area contributed by atoms with Gasteiger partial charge in [-0.15, -0.1) is 0 Å². The third-order valence-electron chi connectivity index (χ3n) is 2.58. The number of hydrogen-bond donors (Lipinski definition) is 1. The van der Waals surface area contributed by atoms with E-state index in [0.29, 0.717) is 11.7 Å². The molecule has 1 aromatic carbocycles. The lowest BCUT2D eigenvalue weighted by molar-refractivity contribution is -0.384. The molecular formula is C14H22N2O3S. The first-order valence-electron chi connectivity index (χ1n) is 6.61. The van der Waals surface area contributed by atoms with Gasteiger partial charge in [0.25, 0.3) is 5.69 Å². The molecule has 6 heteroatoms. The van der Waals surface area contributed by atoms with E-state index in [-0.39, 0.29) is 11.8 Å². The molecule has 0 fully saturated rings. The highest BCUT2D eigenvalue weighted by atomic mass is 32.2. The monoisotopic (exact) mass is 298 g/mol. The second-order valence-electron chi connectivity index (χ2n) is 5.08. The maximum Gasteiger partial charge on any atom is 0.275 e. The Kier molecular flexibility index (Phi) is 6.64. The molecule has 5 nitrogen and oxygen atoms in total. The van der Waals surface area contributed by atoms with Crippen molar-refractivity contribution >= 4 is 23.1 Å². The van der Waals surface area contributed by atoms with Crippen LogP contribution in [-0.4, -0.2) is 29.6 Å². The SMILES string of the molecule is CSCC(C)CNc1cc(OC(C)C)cc([N+](=O)[O-])c1. The minimum atomic E-state index is -0.399. The lowest BCUT2D eigenvalue weighted by atomic mass is 10.2. The highest BCUT2D eigenvalue weighted by Gasteiger charge is 2.12. The largest absolute Gasteiger partial charge is 0.491 e. The molecule has 0 spiro atoms. The van der Waals surface area contributed by atoms with E-state index < -0.39 is 4.92 Å². The molecule has 0 bridgehead atoms. The number of non-ortho nitro benzene ring substituents is 1. The summed E-state index contributed by atoms with van der Waals surface area (Å²) in [5.41, 5.74) is 0.769. The highest BCUT2D eigenvalue weighted by Crippen LogP contribution is 2.27. The lowest BCUT2D eigenvalue weighted by Gasteiger charge is -2.14. The van der Waals surface area contributed by atoms with Gasteiger partial charge in [-0.3, -0.25) is 10.1 Å². The van der Waals surface area contributed by atoms with E-state index in [0.717, 1.165) is 18.0 Å². The summed E-state index contributed by atoms with van der Waals surface area (Å²) in [6, 6.07) is 4.80. The maximum atomic E-state index is 11.0. The van der Waals surface area contributed by atoms with Crippen LogP contribution in [0.15, 0.2) is 18.2 Å². The van der Waals surface area contributed by atoms with Crippen LogP contribution in [0, 0.1) is 16.0 Å². The predicted molar refractivity (Wildman–Crippen MR) is 84.9 cm³/mol. The quantitative estimate of drug-likeness (QED) is 0.584. The number of benzene rings is 1. The van der Waals surface area contributed by atoms with Gasteiger partial charge in [-0.05, 0) is 31.8 Å². The van der Waals surface area contributed by atoms with Crippen molar-refractivity contribution in [2.45, 2.75) is 26.9 Å². The Hall–Kier alpha value is -1.43. The molecule has 112 valence electrons. The van der Waals surface area contributed by atoms with Crippen molar-refractivity contribution in [2.75, 3.05) is 23.9 Å². The average Bonchev–Trinajstić information content (AvgIpc) is 2.35. The number of nitrogens with one attached hydrogen (secondary N) is 1. The van der Waals surface area contributed by atoms with Gasteiger partial charge in [0.05, 0.1) is 17.1 Å². The van der Waals surface area contributed by atoms with Crippen molar-refractivity contribution in [3.8, 4) is 5.75 Å². The van der Waals surface area contributed by atoms with E-state index >= 15 is 0 Å². The van der Waals surface area contributed by atoms with E-state index in [1.165, 1.54) is 6.07 Å². The van der Waals surface area contributed by atoms with Crippen molar-refractivity contribution in [1.29, 1.82) is 0 Å². The van der Waals surface area contributed by atoms with Crippen LogP contribution in [0.2, 0.25) is 0 Å². The molecule has 0 amide bonds. The maximum absolute atomic E-state index is 11.0. The Morgan fingerprint density at radius 3 is 2.60 bits per heavy atom. The first-order chi connectivity index (χ1) is 9.42. The third kappa shape index (κ3) is 5.69. The van der Waals surface area contributed by atoms with Crippen LogP contribution < -0.4 is 10.1 Å². The van der Waals surface area contributed by atoms with Gasteiger partial charge < -0.3 is 10.1 Å². The van der Waals surface area contributed by atoms with Gasteiger partial charge in [-0.25, -0.2) is 0 Å². The van der Waals surface area contributed by atoms with Gasteiger partial charge in [-0.2, -0.15) is 11.8 Å². The topological polar surface area (TPSA) is 64.4 Å². The lowest BCUT2D eigenvalue weighted by Crippen LogP contribution is -2.13. The number of nitro groups is 1. The molecule has 1 aromatic rings. The fourth-order valence-electron chi connectivity index (χ4n) is 1.77. The summed E-state index contributed by atoms with van der Waals surface area (Å²) in [4.78, 5) is 10.6.